The lowest BCUT2D eigenvalue weighted by molar-refractivity contribution is -0.0348. The van der Waals surface area contributed by atoms with E-state index >= 15 is 0 Å². The van der Waals surface area contributed by atoms with Crippen LogP contribution in [0.1, 0.15) is 31.9 Å². The van der Waals surface area contributed by atoms with Gasteiger partial charge < -0.3 is 10.5 Å². The zero-order chi connectivity index (χ0) is 13.8. The van der Waals surface area contributed by atoms with E-state index in [-0.39, 0.29) is 12.1 Å². The Morgan fingerprint density at radius 1 is 1.42 bits per heavy atom. The van der Waals surface area contributed by atoms with Gasteiger partial charge in [0.05, 0.1) is 19.3 Å². The number of rotatable bonds is 4. The third-order valence-electron chi connectivity index (χ3n) is 3.81. The molecule has 0 spiro atoms. The number of morpholine rings is 1. The molecule has 3 atom stereocenters. The molecule has 0 aliphatic carbocycles. The summed E-state index contributed by atoms with van der Waals surface area (Å²) in [7, 11) is 0. The van der Waals surface area contributed by atoms with Crippen molar-refractivity contribution in [2.24, 2.45) is 5.73 Å². The molecule has 1 saturated heterocycles. The van der Waals surface area contributed by atoms with Gasteiger partial charge in [0.1, 0.15) is 0 Å². The highest BCUT2D eigenvalue weighted by Gasteiger charge is 2.31. The summed E-state index contributed by atoms with van der Waals surface area (Å²) in [6.45, 7) is 6.79. The number of ether oxygens (including phenoxy) is 1. The minimum absolute atomic E-state index is 0.0772. The SMILES string of the molecule is CCC1COCCN1C(c1ccc(Cl)cc1)C(C)N. The van der Waals surface area contributed by atoms with Crippen LogP contribution in [-0.2, 0) is 4.74 Å². The van der Waals surface area contributed by atoms with E-state index in [1.165, 1.54) is 5.56 Å². The minimum Gasteiger partial charge on any atom is -0.378 e. The number of benzene rings is 1. The number of nitrogens with two attached hydrogens (primary N) is 1. The second-order valence-electron chi connectivity index (χ2n) is 5.23. The summed E-state index contributed by atoms with van der Waals surface area (Å²) in [6.07, 6.45) is 1.08. The monoisotopic (exact) mass is 282 g/mol. The van der Waals surface area contributed by atoms with Gasteiger partial charge in [-0.15, -0.1) is 0 Å². The van der Waals surface area contributed by atoms with E-state index in [2.05, 4.69) is 30.9 Å². The molecule has 19 heavy (non-hydrogen) atoms. The van der Waals surface area contributed by atoms with E-state index in [0.29, 0.717) is 6.04 Å². The predicted molar refractivity (Wildman–Crippen MR) is 79.4 cm³/mol. The van der Waals surface area contributed by atoms with Crippen LogP contribution in [0.3, 0.4) is 0 Å². The molecule has 106 valence electrons. The maximum absolute atomic E-state index is 6.24. The van der Waals surface area contributed by atoms with Gasteiger partial charge in [-0.1, -0.05) is 30.7 Å². The summed E-state index contributed by atoms with van der Waals surface area (Å²) in [5.74, 6) is 0. The van der Waals surface area contributed by atoms with Gasteiger partial charge in [0.15, 0.2) is 0 Å². The van der Waals surface area contributed by atoms with Gasteiger partial charge in [-0.2, -0.15) is 0 Å². The largest absolute Gasteiger partial charge is 0.378 e. The fourth-order valence-electron chi connectivity index (χ4n) is 2.84. The summed E-state index contributed by atoms with van der Waals surface area (Å²) in [5.41, 5.74) is 7.47. The molecule has 3 unspecified atom stereocenters. The number of halogens is 1. The molecule has 2 rings (SSSR count). The summed E-state index contributed by atoms with van der Waals surface area (Å²) in [5, 5.41) is 0.765. The fourth-order valence-corrected chi connectivity index (χ4v) is 2.97. The molecule has 1 aromatic rings. The zero-order valence-electron chi connectivity index (χ0n) is 11.7. The van der Waals surface area contributed by atoms with Crippen LogP contribution >= 0.6 is 11.6 Å². The van der Waals surface area contributed by atoms with Crippen molar-refractivity contribution in [3.05, 3.63) is 34.9 Å². The van der Waals surface area contributed by atoms with E-state index in [4.69, 9.17) is 22.1 Å². The number of hydrogen-bond donors (Lipinski definition) is 1. The maximum Gasteiger partial charge on any atom is 0.0622 e. The van der Waals surface area contributed by atoms with Crippen molar-refractivity contribution in [2.45, 2.75) is 38.4 Å². The molecule has 0 radical (unpaired) electrons. The minimum atomic E-state index is 0.0772. The van der Waals surface area contributed by atoms with Crippen LogP contribution in [0.5, 0.6) is 0 Å². The van der Waals surface area contributed by atoms with Crippen molar-refractivity contribution >= 4 is 11.6 Å². The lowest BCUT2D eigenvalue weighted by atomic mass is 9.96. The molecule has 0 bridgehead atoms. The molecule has 1 aliphatic heterocycles. The van der Waals surface area contributed by atoms with Crippen LogP contribution in [0, 0.1) is 0 Å². The van der Waals surface area contributed by atoms with Gasteiger partial charge >= 0.3 is 0 Å². The maximum atomic E-state index is 6.24. The molecule has 0 saturated carbocycles. The van der Waals surface area contributed by atoms with E-state index in [9.17, 15) is 0 Å². The summed E-state index contributed by atoms with van der Waals surface area (Å²) >= 11 is 5.97. The van der Waals surface area contributed by atoms with Crippen LogP contribution < -0.4 is 5.73 Å². The van der Waals surface area contributed by atoms with Gasteiger partial charge in [0, 0.05) is 23.7 Å². The number of hydrogen-bond acceptors (Lipinski definition) is 3. The normalized spacial score (nSPS) is 24.1. The highest BCUT2D eigenvalue weighted by molar-refractivity contribution is 6.30. The first-order valence-corrected chi connectivity index (χ1v) is 7.35. The standard InChI is InChI=1S/C15H23ClN2O/c1-3-14-10-19-9-8-18(14)15(11(2)17)12-4-6-13(16)7-5-12/h4-7,11,14-15H,3,8-10,17H2,1-2H3. The van der Waals surface area contributed by atoms with Crippen LogP contribution in [0.2, 0.25) is 5.02 Å². The Morgan fingerprint density at radius 2 is 2.11 bits per heavy atom. The summed E-state index contributed by atoms with van der Waals surface area (Å²) < 4.78 is 5.58. The Kier molecular flexibility index (Phi) is 5.22. The molecule has 1 heterocycles. The van der Waals surface area contributed by atoms with Gasteiger partial charge in [0.25, 0.3) is 0 Å². The molecule has 2 N–H and O–H groups in total. The van der Waals surface area contributed by atoms with Gasteiger partial charge in [-0.3, -0.25) is 4.90 Å². The first-order chi connectivity index (χ1) is 9.13. The third-order valence-corrected chi connectivity index (χ3v) is 4.06. The van der Waals surface area contributed by atoms with Crippen molar-refractivity contribution in [3.8, 4) is 0 Å². The van der Waals surface area contributed by atoms with Crippen molar-refractivity contribution in [3.63, 3.8) is 0 Å². The van der Waals surface area contributed by atoms with Crippen molar-refractivity contribution < 1.29 is 4.74 Å². The van der Waals surface area contributed by atoms with Crippen molar-refractivity contribution in [1.82, 2.24) is 4.90 Å². The molecule has 1 fully saturated rings. The van der Waals surface area contributed by atoms with Crippen LogP contribution in [0.25, 0.3) is 0 Å². The van der Waals surface area contributed by atoms with Crippen LogP contribution in [0.15, 0.2) is 24.3 Å². The Morgan fingerprint density at radius 3 is 2.68 bits per heavy atom. The van der Waals surface area contributed by atoms with E-state index in [0.717, 1.165) is 31.2 Å². The number of nitrogens with zero attached hydrogens (tertiary/aromatic N) is 1. The van der Waals surface area contributed by atoms with Gasteiger partial charge in [0.2, 0.25) is 0 Å². The highest BCUT2D eigenvalue weighted by Crippen LogP contribution is 2.29. The molecule has 3 nitrogen and oxygen atoms in total. The first kappa shape index (κ1) is 14.8. The molecule has 1 aromatic carbocycles. The molecule has 1 aliphatic rings. The summed E-state index contributed by atoms with van der Waals surface area (Å²) in [4.78, 5) is 2.48. The van der Waals surface area contributed by atoms with E-state index in [1.807, 2.05) is 12.1 Å². The summed E-state index contributed by atoms with van der Waals surface area (Å²) in [6, 6.07) is 8.79. The Labute approximate surface area is 120 Å². The van der Waals surface area contributed by atoms with Gasteiger partial charge in [-0.05, 0) is 31.0 Å². The molecular weight excluding hydrogens is 260 g/mol. The Hall–Kier alpha value is -0.610. The smallest absolute Gasteiger partial charge is 0.0622 e. The second kappa shape index (κ2) is 6.71. The quantitative estimate of drug-likeness (QED) is 0.923. The van der Waals surface area contributed by atoms with Crippen molar-refractivity contribution in [1.29, 1.82) is 0 Å². The average Bonchev–Trinajstić information content (AvgIpc) is 2.41. The zero-order valence-corrected chi connectivity index (χ0v) is 12.4. The lowest BCUT2D eigenvalue weighted by Crippen LogP contribution is -2.51. The fraction of sp³-hybridized carbons (Fsp3) is 0.600. The highest BCUT2D eigenvalue weighted by atomic mass is 35.5. The third kappa shape index (κ3) is 3.48. The topological polar surface area (TPSA) is 38.5 Å². The predicted octanol–water partition coefficient (Wildman–Crippen LogP) is 2.84. The molecule has 0 aromatic heterocycles. The molecule has 0 amide bonds. The van der Waals surface area contributed by atoms with Crippen LogP contribution in [-0.4, -0.2) is 36.7 Å². The van der Waals surface area contributed by atoms with Crippen LogP contribution in [0.4, 0.5) is 0 Å². The lowest BCUT2D eigenvalue weighted by Gasteiger charge is -2.42. The van der Waals surface area contributed by atoms with Crippen molar-refractivity contribution in [2.75, 3.05) is 19.8 Å². The second-order valence-corrected chi connectivity index (χ2v) is 5.67. The van der Waals surface area contributed by atoms with E-state index in [1.54, 1.807) is 0 Å². The van der Waals surface area contributed by atoms with Gasteiger partial charge in [-0.25, -0.2) is 0 Å². The molecule has 4 heteroatoms. The van der Waals surface area contributed by atoms with E-state index < -0.39 is 0 Å². The Bertz CT molecular complexity index is 394. The Balaban J connectivity index is 2.25. The average molecular weight is 283 g/mol. The first-order valence-electron chi connectivity index (χ1n) is 6.98. The molecular formula is C15H23ClN2O.